The fraction of sp³-hybridized carbons (Fsp3) is 0.500. The lowest BCUT2D eigenvalue weighted by molar-refractivity contribution is -0.138. The van der Waals surface area contributed by atoms with Gasteiger partial charge in [0.1, 0.15) is 6.10 Å². The van der Waals surface area contributed by atoms with Gasteiger partial charge in [0.2, 0.25) is 5.91 Å². The van der Waals surface area contributed by atoms with Crippen LogP contribution in [0.25, 0.3) is 0 Å². The van der Waals surface area contributed by atoms with Crippen LogP contribution in [0.2, 0.25) is 0 Å². The van der Waals surface area contributed by atoms with Gasteiger partial charge in [-0.2, -0.15) is 0 Å². The van der Waals surface area contributed by atoms with Crippen LogP contribution in [-0.4, -0.2) is 49.1 Å². The van der Waals surface area contributed by atoms with Gasteiger partial charge in [0.25, 0.3) is 0 Å². The number of carbonyl (C=O) groups excluding carboxylic acids is 1. The molecule has 2 rings (SSSR count). The molecule has 1 aliphatic heterocycles. The molecule has 1 saturated heterocycles. The average Bonchev–Trinajstić information content (AvgIpc) is 2.40. The number of ether oxygens (including phenoxy) is 1. The van der Waals surface area contributed by atoms with Crippen LogP contribution in [0.1, 0.15) is 11.8 Å². The van der Waals surface area contributed by atoms with Crippen LogP contribution in [0.4, 0.5) is 0 Å². The Hall–Kier alpha value is -1.46. The van der Waals surface area contributed by atoms with E-state index >= 15 is 0 Å². The van der Waals surface area contributed by atoms with Gasteiger partial charge in [-0.05, 0) is 19.2 Å². The van der Waals surface area contributed by atoms with Crippen molar-refractivity contribution in [2.24, 2.45) is 0 Å². The van der Waals surface area contributed by atoms with Gasteiger partial charge < -0.3 is 15.0 Å². The van der Waals surface area contributed by atoms with Crippen LogP contribution in [0, 0.1) is 0 Å². The fourth-order valence-electron chi connectivity index (χ4n) is 1.88. The van der Waals surface area contributed by atoms with E-state index in [1.807, 2.05) is 23.1 Å². The zero-order chi connectivity index (χ0) is 12.1. The molecular formula is C12H17N3O2. The number of morpholine rings is 1. The van der Waals surface area contributed by atoms with Crippen molar-refractivity contribution in [2.45, 2.75) is 6.10 Å². The van der Waals surface area contributed by atoms with Gasteiger partial charge >= 0.3 is 0 Å². The van der Waals surface area contributed by atoms with Gasteiger partial charge in [0.15, 0.2) is 0 Å². The van der Waals surface area contributed by atoms with Crippen LogP contribution in [-0.2, 0) is 9.53 Å². The number of nitrogens with zero attached hydrogens (tertiary/aromatic N) is 2. The van der Waals surface area contributed by atoms with Crippen LogP contribution in [0.5, 0.6) is 0 Å². The van der Waals surface area contributed by atoms with Gasteiger partial charge in [-0.3, -0.25) is 9.78 Å². The second kappa shape index (κ2) is 5.75. The van der Waals surface area contributed by atoms with Crippen molar-refractivity contribution in [3.8, 4) is 0 Å². The Morgan fingerprint density at radius 3 is 3.24 bits per heavy atom. The number of nitrogens with one attached hydrogen (secondary N) is 1. The minimum absolute atomic E-state index is 0.106. The summed E-state index contributed by atoms with van der Waals surface area (Å²) < 4.78 is 5.65. The zero-order valence-corrected chi connectivity index (χ0v) is 9.93. The quantitative estimate of drug-likeness (QED) is 0.813. The maximum absolute atomic E-state index is 11.8. The Bertz CT molecular complexity index is 369. The van der Waals surface area contributed by atoms with Crippen LogP contribution < -0.4 is 5.32 Å². The van der Waals surface area contributed by atoms with Gasteiger partial charge in [0.05, 0.1) is 25.4 Å². The molecule has 1 atom stereocenters. The minimum atomic E-state index is -0.106. The van der Waals surface area contributed by atoms with E-state index in [0.29, 0.717) is 26.2 Å². The molecule has 0 aromatic carbocycles. The maximum atomic E-state index is 11.8. The van der Waals surface area contributed by atoms with Gasteiger partial charge in [-0.1, -0.05) is 6.07 Å². The van der Waals surface area contributed by atoms with E-state index in [9.17, 15) is 4.79 Å². The highest BCUT2D eigenvalue weighted by Gasteiger charge is 2.25. The largest absolute Gasteiger partial charge is 0.368 e. The standard InChI is InChI=1S/C12H17N3O2/c1-13-8-12(16)15-6-7-17-11(9-15)10-4-2-3-5-14-10/h2-5,11,13H,6-9H2,1H3/t11-/m1/s1. The summed E-state index contributed by atoms with van der Waals surface area (Å²) in [6.45, 7) is 2.17. The van der Waals surface area contributed by atoms with Crippen molar-refractivity contribution >= 4 is 5.91 Å². The highest BCUT2D eigenvalue weighted by atomic mass is 16.5. The van der Waals surface area contributed by atoms with Crippen molar-refractivity contribution < 1.29 is 9.53 Å². The highest BCUT2D eigenvalue weighted by molar-refractivity contribution is 5.78. The summed E-state index contributed by atoms with van der Waals surface area (Å²) >= 11 is 0. The van der Waals surface area contributed by atoms with E-state index in [-0.39, 0.29) is 12.0 Å². The van der Waals surface area contributed by atoms with E-state index in [1.54, 1.807) is 13.2 Å². The molecule has 1 aliphatic rings. The van der Waals surface area contributed by atoms with Crippen LogP contribution in [0.15, 0.2) is 24.4 Å². The molecule has 1 fully saturated rings. The van der Waals surface area contributed by atoms with Gasteiger partial charge in [0, 0.05) is 12.7 Å². The maximum Gasteiger partial charge on any atom is 0.236 e. The van der Waals surface area contributed by atoms with E-state index in [4.69, 9.17) is 4.74 Å². The predicted octanol–water partition coefficient (Wildman–Crippen LogP) is 0.201. The fourth-order valence-corrected chi connectivity index (χ4v) is 1.88. The lowest BCUT2D eigenvalue weighted by Crippen LogP contribution is -2.45. The SMILES string of the molecule is CNCC(=O)N1CCO[C@@H](c2ccccn2)C1. The molecule has 0 saturated carbocycles. The number of hydrogen-bond acceptors (Lipinski definition) is 4. The highest BCUT2D eigenvalue weighted by Crippen LogP contribution is 2.19. The third kappa shape index (κ3) is 3.01. The molecule has 2 heterocycles. The molecule has 17 heavy (non-hydrogen) atoms. The molecule has 1 N–H and O–H groups in total. The van der Waals surface area contributed by atoms with Gasteiger partial charge in [-0.15, -0.1) is 0 Å². The molecule has 0 bridgehead atoms. The first-order valence-electron chi connectivity index (χ1n) is 5.76. The Morgan fingerprint density at radius 1 is 1.65 bits per heavy atom. The minimum Gasteiger partial charge on any atom is -0.368 e. The summed E-state index contributed by atoms with van der Waals surface area (Å²) in [4.78, 5) is 17.8. The monoisotopic (exact) mass is 235 g/mol. The third-order valence-corrected chi connectivity index (χ3v) is 2.76. The number of likely N-dealkylation sites (N-methyl/N-ethyl adjacent to an activating group) is 1. The Morgan fingerprint density at radius 2 is 2.53 bits per heavy atom. The van der Waals surface area contributed by atoms with Crippen molar-refractivity contribution in [3.63, 3.8) is 0 Å². The summed E-state index contributed by atoms with van der Waals surface area (Å²) in [5.74, 6) is 0.108. The van der Waals surface area contributed by atoms with Crippen molar-refractivity contribution in [2.75, 3.05) is 33.3 Å². The third-order valence-electron chi connectivity index (χ3n) is 2.76. The topological polar surface area (TPSA) is 54.5 Å². The number of pyridine rings is 1. The molecule has 1 aromatic rings. The molecule has 5 nitrogen and oxygen atoms in total. The lowest BCUT2D eigenvalue weighted by atomic mass is 10.2. The van der Waals surface area contributed by atoms with E-state index < -0.39 is 0 Å². The lowest BCUT2D eigenvalue weighted by Gasteiger charge is -2.32. The first kappa shape index (κ1) is 12.0. The molecule has 0 spiro atoms. The second-order valence-corrected chi connectivity index (χ2v) is 3.98. The Labute approximate surface area is 101 Å². The predicted molar refractivity (Wildman–Crippen MR) is 63.4 cm³/mol. The van der Waals surface area contributed by atoms with Crippen LogP contribution in [0.3, 0.4) is 0 Å². The van der Waals surface area contributed by atoms with E-state index in [1.165, 1.54) is 0 Å². The van der Waals surface area contributed by atoms with Crippen molar-refractivity contribution in [3.05, 3.63) is 30.1 Å². The number of carbonyl (C=O) groups is 1. The first-order valence-corrected chi connectivity index (χ1v) is 5.76. The summed E-state index contributed by atoms with van der Waals surface area (Å²) in [5, 5.41) is 2.87. The van der Waals surface area contributed by atoms with Gasteiger partial charge in [-0.25, -0.2) is 0 Å². The molecular weight excluding hydrogens is 218 g/mol. The second-order valence-electron chi connectivity index (χ2n) is 3.98. The molecule has 5 heteroatoms. The molecule has 0 unspecified atom stereocenters. The average molecular weight is 235 g/mol. The number of amides is 1. The van der Waals surface area contributed by atoms with E-state index in [2.05, 4.69) is 10.3 Å². The number of rotatable bonds is 3. The van der Waals surface area contributed by atoms with Crippen molar-refractivity contribution in [1.82, 2.24) is 15.2 Å². The smallest absolute Gasteiger partial charge is 0.236 e. The number of aromatic nitrogens is 1. The molecule has 1 amide bonds. The molecule has 0 radical (unpaired) electrons. The first-order chi connectivity index (χ1) is 8.31. The molecule has 92 valence electrons. The number of hydrogen-bond donors (Lipinski definition) is 1. The summed E-state index contributed by atoms with van der Waals surface area (Å²) in [7, 11) is 1.77. The normalized spacial score (nSPS) is 20.3. The Kier molecular flexibility index (Phi) is 4.06. The Balaban J connectivity index is 2.00. The molecule has 0 aliphatic carbocycles. The van der Waals surface area contributed by atoms with E-state index in [0.717, 1.165) is 5.69 Å². The summed E-state index contributed by atoms with van der Waals surface area (Å²) in [6, 6.07) is 5.73. The summed E-state index contributed by atoms with van der Waals surface area (Å²) in [6.07, 6.45) is 1.64. The zero-order valence-electron chi connectivity index (χ0n) is 9.93. The summed E-state index contributed by atoms with van der Waals surface area (Å²) in [5.41, 5.74) is 0.884. The van der Waals surface area contributed by atoms with Crippen LogP contribution >= 0.6 is 0 Å². The molecule has 1 aromatic heterocycles. The van der Waals surface area contributed by atoms with Crippen molar-refractivity contribution in [1.29, 1.82) is 0 Å².